The molecule has 5 heteroatoms. The minimum absolute atomic E-state index is 0.0657. The highest BCUT2D eigenvalue weighted by molar-refractivity contribution is 7.80. The molecule has 1 heterocycles. The van der Waals surface area contributed by atoms with Crippen LogP contribution in [-0.2, 0) is 6.54 Å². The molecule has 0 aliphatic carbocycles. The van der Waals surface area contributed by atoms with Gasteiger partial charge in [0.2, 0.25) is 0 Å². The molecule has 22 heavy (non-hydrogen) atoms. The summed E-state index contributed by atoms with van der Waals surface area (Å²) in [7, 11) is 1.63. The quantitative estimate of drug-likeness (QED) is 0.833. The molecule has 0 bridgehead atoms. The fourth-order valence-corrected chi connectivity index (χ4v) is 2.07. The number of aryl methyl sites for hydroxylation is 1. The predicted molar refractivity (Wildman–Crippen MR) is 94.0 cm³/mol. The third-order valence-electron chi connectivity index (χ3n) is 3.18. The van der Waals surface area contributed by atoms with E-state index in [4.69, 9.17) is 22.7 Å². The van der Waals surface area contributed by atoms with E-state index in [9.17, 15) is 4.79 Å². The first-order valence-corrected chi connectivity index (χ1v) is 7.30. The van der Waals surface area contributed by atoms with Gasteiger partial charge in [0.15, 0.2) is 0 Å². The number of benzene rings is 1. The van der Waals surface area contributed by atoms with Crippen LogP contribution in [0.5, 0.6) is 5.75 Å². The molecule has 0 aliphatic rings. The normalized spacial score (nSPS) is 10.8. The van der Waals surface area contributed by atoms with Crippen molar-refractivity contribution in [2.45, 2.75) is 13.0 Å². The Kier molecular flexibility index (Phi) is 5.49. The smallest absolute Gasteiger partial charge is 0.251 e. The number of hydrogen-bond donors (Lipinski definition) is 1. The molecule has 2 N–H and O–H groups in total. The van der Waals surface area contributed by atoms with E-state index in [0.717, 1.165) is 16.9 Å². The molecule has 2 rings (SSSR count). The van der Waals surface area contributed by atoms with Crippen LogP contribution in [0.15, 0.2) is 47.4 Å². The Labute approximate surface area is 134 Å². The number of ether oxygens (including phenoxy) is 1. The van der Waals surface area contributed by atoms with Gasteiger partial charge in [-0.05, 0) is 29.3 Å². The van der Waals surface area contributed by atoms with Crippen molar-refractivity contribution < 1.29 is 4.74 Å². The van der Waals surface area contributed by atoms with Gasteiger partial charge in [-0.3, -0.25) is 4.79 Å². The van der Waals surface area contributed by atoms with Crippen LogP contribution in [0.25, 0.3) is 12.2 Å². The lowest BCUT2D eigenvalue weighted by Crippen LogP contribution is -2.21. The SMILES string of the molecule is COc1cccc(/C=C/c2ccn(CCC(N)=S)c(=O)c2)c1. The van der Waals surface area contributed by atoms with E-state index in [1.807, 2.05) is 42.5 Å². The van der Waals surface area contributed by atoms with Gasteiger partial charge in [0.1, 0.15) is 5.75 Å². The number of pyridine rings is 1. The van der Waals surface area contributed by atoms with Gasteiger partial charge in [0.25, 0.3) is 5.56 Å². The van der Waals surface area contributed by atoms with E-state index in [0.29, 0.717) is 18.0 Å². The van der Waals surface area contributed by atoms with E-state index in [1.54, 1.807) is 23.9 Å². The third kappa shape index (κ3) is 4.56. The van der Waals surface area contributed by atoms with Crippen LogP contribution in [0.4, 0.5) is 0 Å². The van der Waals surface area contributed by atoms with Crippen LogP contribution >= 0.6 is 12.2 Å². The summed E-state index contributed by atoms with van der Waals surface area (Å²) in [5.74, 6) is 0.801. The maximum Gasteiger partial charge on any atom is 0.251 e. The molecule has 0 unspecified atom stereocenters. The summed E-state index contributed by atoms with van der Waals surface area (Å²) in [5, 5.41) is 0. The molecule has 114 valence electrons. The van der Waals surface area contributed by atoms with E-state index < -0.39 is 0 Å². The second kappa shape index (κ2) is 7.56. The number of hydrogen-bond acceptors (Lipinski definition) is 3. The van der Waals surface area contributed by atoms with Gasteiger partial charge in [-0.15, -0.1) is 0 Å². The molecular formula is C17H18N2O2S. The second-order valence-corrected chi connectivity index (χ2v) is 5.34. The molecule has 2 aromatic rings. The molecule has 0 aliphatic heterocycles. The van der Waals surface area contributed by atoms with Crippen molar-refractivity contribution in [3.63, 3.8) is 0 Å². The number of aromatic nitrogens is 1. The summed E-state index contributed by atoms with van der Waals surface area (Å²) in [5.41, 5.74) is 7.24. The zero-order valence-electron chi connectivity index (χ0n) is 12.4. The molecule has 1 aromatic heterocycles. The van der Waals surface area contributed by atoms with Crippen LogP contribution in [0.2, 0.25) is 0 Å². The highest BCUT2D eigenvalue weighted by atomic mass is 32.1. The molecule has 0 saturated heterocycles. The number of rotatable bonds is 6. The summed E-state index contributed by atoms with van der Waals surface area (Å²) in [6, 6.07) is 11.2. The Morgan fingerprint density at radius 2 is 2.00 bits per heavy atom. The first-order chi connectivity index (χ1) is 10.6. The van der Waals surface area contributed by atoms with Crippen LogP contribution in [0, 0.1) is 0 Å². The van der Waals surface area contributed by atoms with Crippen LogP contribution in [0.3, 0.4) is 0 Å². The molecule has 0 fully saturated rings. The lowest BCUT2D eigenvalue weighted by atomic mass is 10.1. The van der Waals surface area contributed by atoms with E-state index in [-0.39, 0.29) is 5.56 Å². The van der Waals surface area contributed by atoms with Crippen LogP contribution < -0.4 is 16.0 Å². The van der Waals surface area contributed by atoms with Gasteiger partial charge < -0.3 is 15.0 Å². The Balaban J connectivity index is 2.13. The number of nitrogens with zero attached hydrogens (tertiary/aromatic N) is 1. The first-order valence-electron chi connectivity index (χ1n) is 6.89. The minimum atomic E-state index is -0.0657. The minimum Gasteiger partial charge on any atom is -0.497 e. The largest absolute Gasteiger partial charge is 0.497 e. The van der Waals surface area contributed by atoms with Crippen LogP contribution in [0.1, 0.15) is 17.5 Å². The average molecular weight is 314 g/mol. The van der Waals surface area contributed by atoms with Gasteiger partial charge in [0, 0.05) is 25.2 Å². The van der Waals surface area contributed by atoms with Crippen LogP contribution in [-0.4, -0.2) is 16.7 Å². The molecule has 4 nitrogen and oxygen atoms in total. The monoisotopic (exact) mass is 314 g/mol. The van der Waals surface area contributed by atoms with Gasteiger partial charge >= 0.3 is 0 Å². The Morgan fingerprint density at radius 1 is 1.27 bits per heavy atom. The third-order valence-corrected chi connectivity index (χ3v) is 3.39. The number of thiocarbonyl (C=S) groups is 1. The summed E-state index contributed by atoms with van der Waals surface area (Å²) >= 11 is 4.82. The average Bonchev–Trinajstić information content (AvgIpc) is 2.52. The fraction of sp³-hybridized carbons (Fsp3) is 0.176. The van der Waals surface area contributed by atoms with Gasteiger partial charge in [-0.1, -0.05) is 36.5 Å². The molecule has 0 atom stereocenters. The summed E-state index contributed by atoms with van der Waals surface area (Å²) in [4.78, 5) is 12.4. The first kappa shape index (κ1) is 16.0. The molecular weight excluding hydrogens is 296 g/mol. The fourth-order valence-electron chi connectivity index (χ4n) is 1.98. The molecule has 0 amide bonds. The highest BCUT2D eigenvalue weighted by Gasteiger charge is 1.98. The lowest BCUT2D eigenvalue weighted by Gasteiger charge is -2.05. The summed E-state index contributed by atoms with van der Waals surface area (Å²) in [6.45, 7) is 0.508. The molecule has 0 saturated carbocycles. The topological polar surface area (TPSA) is 57.2 Å². The van der Waals surface area contributed by atoms with Crippen molar-refractivity contribution in [1.82, 2.24) is 4.57 Å². The molecule has 1 aromatic carbocycles. The zero-order chi connectivity index (χ0) is 15.9. The van der Waals surface area contributed by atoms with Gasteiger partial charge in [-0.2, -0.15) is 0 Å². The molecule has 0 radical (unpaired) electrons. The zero-order valence-corrected chi connectivity index (χ0v) is 13.2. The van der Waals surface area contributed by atoms with Crippen molar-refractivity contribution in [3.8, 4) is 5.75 Å². The maximum absolute atomic E-state index is 12.0. The summed E-state index contributed by atoms with van der Waals surface area (Å²) < 4.78 is 6.78. The van der Waals surface area contributed by atoms with Crippen molar-refractivity contribution in [1.29, 1.82) is 0 Å². The van der Waals surface area contributed by atoms with E-state index in [2.05, 4.69) is 0 Å². The maximum atomic E-state index is 12.0. The standard InChI is InChI=1S/C17H18N2O2S/c1-21-15-4-2-3-13(11-15)5-6-14-7-9-19(17(20)12-14)10-8-16(18)22/h2-7,9,11-12H,8,10H2,1H3,(H2,18,22)/b6-5+. The second-order valence-electron chi connectivity index (χ2n) is 4.82. The van der Waals surface area contributed by atoms with Crippen molar-refractivity contribution in [2.75, 3.05) is 7.11 Å². The Morgan fingerprint density at radius 3 is 2.64 bits per heavy atom. The van der Waals surface area contributed by atoms with Crippen molar-refractivity contribution in [3.05, 3.63) is 64.1 Å². The van der Waals surface area contributed by atoms with E-state index >= 15 is 0 Å². The number of nitrogens with two attached hydrogens (primary N) is 1. The molecule has 0 spiro atoms. The van der Waals surface area contributed by atoms with Gasteiger partial charge in [-0.25, -0.2) is 0 Å². The van der Waals surface area contributed by atoms with Crippen molar-refractivity contribution >= 4 is 29.4 Å². The Bertz CT molecular complexity index is 750. The lowest BCUT2D eigenvalue weighted by molar-refractivity contribution is 0.414. The van der Waals surface area contributed by atoms with Crippen molar-refractivity contribution in [2.24, 2.45) is 5.73 Å². The Hall–Kier alpha value is -2.40. The highest BCUT2D eigenvalue weighted by Crippen LogP contribution is 2.14. The van der Waals surface area contributed by atoms with E-state index in [1.165, 1.54) is 0 Å². The number of methoxy groups -OCH3 is 1. The predicted octanol–water partition coefficient (Wildman–Crippen LogP) is 2.70. The van der Waals surface area contributed by atoms with Gasteiger partial charge in [0.05, 0.1) is 12.1 Å². The summed E-state index contributed by atoms with van der Waals surface area (Å²) in [6.07, 6.45) is 6.12.